The molecule has 0 aliphatic carbocycles. The van der Waals surface area contributed by atoms with Crippen molar-refractivity contribution in [1.82, 2.24) is 10.2 Å². The Morgan fingerprint density at radius 1 is 1.22 bits per heavy atom. The number of rotatable bonds is 4. The Bertz CT molecular complexity index is 572. The molecule has 1 aliphatic rings. The van der Waals surface area contributed by atoms with Crippen LogP contribution in [0.4, 0.5) is 23.7 Å². The summed E-state index contributed by atoms with van der Waals surface area (Å²) in [5.74, 6) is -0.629. The zero-order valence-electron chi connectivity index (χ0n) is 12.2. The number of nitrogens with one attached hydrogen (secondary N) is 2. The summed E-state index contributed by atoms with van der Waals surface area (Å²) in [6.07, 6.45) is -2.91. The molecule has 0 unspecified atom stereocenters. The Kier molecular flexibility index (Phi) is 5.30. The quantitative estimate of drug-likeness (QED) is 0.889. The van der Waals surface area contributed by atoms with Crippen LogP contribution in [0.1, 0.15) is 12.8 Å². The van der Waals surface area contributed by atoms with Crippen molar-refractivity contribution in [3.8, 4) is 5.75 Å². The fourth-order valence-electron chi connectivity index (χ4n) is 2.18. The number of hydrogen-bond acceptors (Lipinski definition) is 3. The minimum atomic E-state index is -4.80. The first-order valence-corrected chi connectivity index (χ1v) is 7.02. The normalized spacial score (nSPS) is 14.5. The van der Waals surface area contributed by atoms with Gasteiger partial charge >= 0.3 is 12.4 Å². The van der Waals surface area contributed by atoms with E-state index in [4.69, 9.17) is 0 Å². The Morgan fingerprint density at radius 3 is 2.57 bits per heavy atom. The van der Waals surface area contributed by atoms with Crippen LogP contribution in [0.5, 0.6) is 5.75 Å². The van der Waals surface area contributed by atoms with Crippen molar-refractivity contribution in [2.75, 3.05) is 25.0 Å². The van der Waals surface area contributed by atoms with Gasteiger partial charge < -0.3 is 20.3 Å². The lowest BCUT2D eigenvalue weighted by molar-refractivity contribution is -0.274. The summed E-state index contributed by atoms with van der Waals surface area (Å²) < 4.78 is 40.1. The molecule has 1 heterocycles. The number of carbonyl (C=O) groups is 2. The number of benzene rings is 1. The van der Waals surface area contributed by atoms with Gasteiger partial charge in [0.05, 0.1) is 6.54 Å². The standard InChI is InChI=1S/C14H16F3N3O3/c15-14(16,17)23-11-5-3-4-10(8-11)19-13(22)18-9-12(21)20-6-1-2-7-20/h3-5,8H,1-2,6-7,9H2,(H2,18,19,22). The van der Waals surface area contributed by atoms with Crippen LogP contribution in [-0.4, -0.2) is 42.8 Å². The van der Waals surface area contributed by atoms with Gasteiger partial charge in [0.2, 0.25) is 5.91 Å². The third-order valence-electron chi connectivity index (χ3n) is 3.18. The number of ether oxygens (including phenoxy) is 1. The van der Waals surface area contributed by atoms with Gasteiger partial charge in [-0.2, -0.15) is 0 Å². The van der Waals surface area contributed by atoms with Crippen molar-refractivity contribution in [3.63, 3.8) is 0 Å². The van der Waals surface area contributed by atoms with E-state index in [2.05, 4.69) is 15.4 Å². The van der Waals surface area contributed by atoms with Gasteiger partial charge in [-0.05, 0) is 25.0 Å². The van der Waals surface area contributed by atoms with E-state index in [0.29, 0.717) is 13.1 Å². The maximum Gasteiger partial charge on any atom is 0.573 e. The van der Waals surface area contributed by atoms with Crippen LogP contribution < -0.4 is 15.4 Å². The van der Waals surface area contributed by atoms with E-state index >= 15 is 0 Å². The third kappa shape index (κ3) is 5.68. The molecule has 23 heavy (non-hydrogen) atoms. The van der Waals surface area contributed by atoms with Gasteiger partial charge in [0.1, 0.15) is 5.75 Å². The average Bonchev–Trinajstić information content (AvgIpc) is 2.97. The Balaban J connectivity index is 1.82. The highest BCUT2D eigenvalue weighted by molar-refractivity contribution is 5.92. The number of nitrogens with zero attached hydrogens (tertiary/aromatic N) is 1. The van der Waals surface area contributed by atoms with E-state index in [1.54, 1.807) is 4.90 Å². The smallest absolute Gasteiger partial charge is 0.406 e. The van der Waals surface area contributed by atoms with E-state index in [1.165, 1.54) is 12.1 Å². The minimum absolute atomic E-state index is 0.123. The van der Waals surface area contributed by atoms with Gasteiger partial charge in [0.25, 0.3) is 0 Å². The van der Waals surface area contributed by atoms with E-state index in [0.717, 1.165) is 25.0 Å². The number of alkyl halides is 3. The predicted octanol–water partition coefficient (Wildman–Crippen LogP) is 2.33. The first kappa shape index (κ1) is 16.9. The molecule has 0 saturated carbocycles. The zero-order valence-corrected chi connectivity index (χ0v) is 12.2. The van der Waals surface area contributed by atoms with Crippen LogP contribution in [-0.2, 0) is 4.79 Å². The van der Waals surface area contributed by atoms with Crippen LogP contribution in [0.3, 0.4) is 0 Å². The first-order valence-electron chi connectivity index (χ1n) is 7.02. The Labute approximate surface area is 130 Å². The SMILES string of the molecule is O=C(NCC(=O)N1CCCC1)Nc1cccc(OC(F)(F)F)c1. The molecule has 3 amide bonds. The number of likely N-dealkylation sites (tertiary alicyclic amines) is 1. The van der Waals surface area contributed by atoms with Gasteiger partial charge in [0.15, 0.2) is 0 Å². The number of carbonyl (C=O) groups excluding carboxylic acids is 2. The molecule has 0 bridgehead atoms. The zero-order chi connectivity index (χ0) is 16.9. The molecule has 1 aromatic rings. The highest BCUT2D eigenvalue weighted by Gasteiger charge is 2.31. The molecule has 0 radical (unpaired) electrons. The van der Waals surface area contributed by atoms with E-state index in [-0.39, 0.29) is 18.1 Å². The molecule has 0 atom stereocenters. The Morgan fingerprint density at radius 2 is 1.91 bits per heavy atom. The largest absolute Gasteiger partial charge is 0.573 e. The summed E-state index contributed by atoms with van der Waals surface area (Å²) in [5, 5.41) is 4.72. The lowest BCUT2D eigenvalue weighted by atomic mass is 10.3. The van der Waals surface area contributed by atoms with Crippen molar-refractivity contribution in [1.29, 1.82) is 0 Å². The summed E-state index contributed by atoms with van der Waals surface area (Å²) >= 11 is 0. The summed E-state index contributed by atoms with van der Waals surface area (Å²) in [7, 11) is 0. The summed E-state index contributed by atoms with van der Waals surface area (Å²) in [5.41, 5.74) is 0.123. The second-order valence-electron chi connectivity index (χ2n) is 4.97. The first-order chi connectivity index (χ1) is 10.8. The molecule has 1 fully saturated rings. The fourth-order valence-corrected chi connectivity index (χ4v) is 2.18. The van der Waals surface area contributed by atoms with Crippen molar-refractivity contribution in [3.05, 3.63) is 24.3 Å². The van der Waals surface area contributed by atoms with E-state index in [1.807, 2.05) is 0 Å². The van der Waals surface area contributed by atoms with Gasteiger partial charge in [0, 0.05) is 24.8 Å². The van der Waals surface area contributed by atoms with Gasteiger partial charge in [-0.15, -0.1) is 13.2 Å². The molecule has 9 heteroatoms. The predicted molar refractivity (Wildman–Crippen MR) is 76.0 cm³/mol. The molecular weight excluding hydrogens is 315 g/mol. The van der Waals surface area contributed by atoms with Crippen LogP contribution in [0.15, 0.2) is 24.3 Å². The molecule has 6 nitrogen and oxygen atoms in total. The van der Waals surface area contributed by atoms with Crippen LogP contribution in [0.2, 0.25) is 0 Å². The third-order valence-corrected chi connectivity index (χ3v) is 3.18. The molecule has 1 aromatic carbocycles. The highest BCUT2D eigenvalue weighted by atomic mass is 19.4. The van der Waals surface area contributed by atoms with Crippen LogP contribution >= 0.6 is 0 Å². The number of hydrogen-bond donors (Lipinski definition) is 2. The van der Waals surface area contributed by atoms with Gasteiger partial charge in [-0.25, -0.2) is 4.79 Å². The van der Waals surface area contributed by atoms with Gasteiger partial charge in [-0.3, -0.25) is 4.79 Å². The minimum Gasteiger partial charge on any atom is -0.406 e. The topological polar surface area (TPSA) is 70.7 Å². The van der Waals surface area contributed by atoms with Crippen molar-refractivity contribution < 1.29 is 27.5 Å². The lowest BCUT2D eigenvalue weighted by Crippen LogP contribution is -2.40. The molecule has 126 valence electrons. The molecule has 2 rings (SSSR count). The van der Waals surface area contributed by atoms with Crippen molar-refractivity contribution in [2.45, 2.75) is 19.2 Å². The molecular formula is C14H16F3N3O3. The van der Waals surface area contributed by atoms with E-state index < -0.39 is 18.1 Å². The lowest BCUT2D eigenvalue weighted by Gasteiger charge is -2.15. The monoisotopic (exact) mass is 331 g/mol. The molecule has 2 N–H and O–H groups in total. The second kappa shape index (κ2) is 7.21. The molecule has 0 aromatic heterocycles. The summed E-state index contributed by atoms with van der Waals surface area (Å²) in [6.45, 7) is 1.20. The number of halogens is 3. The molecule has 0 spiro atoms. The number of anilines is 1. The van der Waals surface area contributed by atoms with Crippen LogP contribution in [0, 0.1) is 0 Å². The maximum atomic E-state index is 12.1. The maximum absolute atomic E-state index is 12.1. The van der Waals surface area contributed by atoms with Gasteiger partial charge in [-0.1, -0.05) is 6.07 Å². The number of urea groups is 1. The highest BCUT2D eigenvalue weighted by Crippen LogP contribution is 2.24. The average molecular weight is 331 g/mol. The second-order valence-corrected chi connectivity index (χ2v) is 4.97. The number of amides is 3. The van der Waals surface area contributed by atoms with Crippen molar-refractivity contribution in [2.24, 2.45) is 0 Å². The fraction of sp³-hybridized carbons (Fsp3) is 0.429. The Hall–Kier alpha value is -2.45. The summed E-state index contributed by atoms with van der Waals surface area (Å²) in [4.78, 5) is 25.1. The molecule has 1 saturated heterocycles. The van der Waals surface area contributed by atoms with E-state index in [9.17, 15) is 22.8 Å². The molecule has 1 aliphatic heterocycles. The summed E-state index contributed by atoms with van der Waals surface area (Å²) in [6, 6.07) is 4.20. The van der Waals surface area contributed by atoms with Crippen molar-refractivity contribution >= 4 is 17.6 Å². The van der Waals surface area contributed by atoms with Crippen LogP contribution in [0.25, 0.3) is 0 Å².